The summed E-state index contributed by atoms with van der Waals surface area (Å²) in [6.45, 7) is 5.31. The van der Waals surface area contributed by atoms with Gasteiger partial charge in [-0.2, -0.15) is 0 Å². The number of nitrogens with zero attached hydrogens (tertiary/aromatic N) is 1. The minimum absolute atomic E-state index is 0.215. The number of hydrogen-bond donors (Lipinski definition) is 1. The lowest BCUT2D eigenvalue weighted by Gasteiger charge is -2.06. The highest BCUT2D eigenvalue weighted by Crippen LogP contribution is 2.17. The molecule has 1 aromatic heterocycles. The van der Waals surface area contributed by atoms with Crippen LogP contribution in [0.3, 0.4) is 0 Å². The van der Waals surface area contributed by atoms with Crippen molar-refractivity contribution in [3.05, 3.63) is 28.8 Å². The van der Waals surface area contributed by atoms with Gasteiger partial charge in [0.05, 0.1) is 11.0 Å². The molecule has 0 spiro atoms. The number of hydrogen-bond acceptors (Lipinski definition) is 1. The maximum Gasteiger partial charge on any atom is 0.178 e. The number of nitrogens with one attached hydrogen (secondary N) is 1. The summed E-state index contributed by atoms with van der Waals surface area (Å²) in [6, 6.07) is 4.74. The fraction of sp³-hybridized carbons (Fsp3) is 0.500. The number of rotatable bonds is 5. The number of imidazole rings is 1. The monoisotopic (exact) mass is 266 g/mol. The number of unbranched alkanes of at least 4 members (excludes halogenated alkanes) is 1. The molecule has 18 heavy (non-hydrogen) atoms. The summed E-state index contributed by atoms with van der Waals surface area (Å²) in [5, 5.41) is 0. The molecule has 0 atom stereocenters. The molecule has 4 heteroatoms. The van der Waals surface area contributed by atoms with Gasteiger partial charge in [0.2, 0.25) is 0 Å². The SMILES string of the molecule is CC(C)CCCCn1c(=S)[nH]c2ccc(F)cc21. The van der Waals surface area contributed by atoms with E-state index >= 15 is 0 Å². The summed E-state index contributed by atoms with van der Waals surface area (Å²) in [5.41, 5.74) is 1.77. The molecule has 0 unspecified atom stereocenters. The van der Waals surface area contributed by atoms with Crippen molar-refractivity contribution in [1.82, 2.24) is 9.55 Å². The third-order valence-electron chi connectivity index (χ3n) is 3.15. The highest BCUT2D eigenvalue weighted by Gasteiger charge is 2.05. The van der Waals surface area contributed by atoms with Crippen molar-refractivity contribution in [2.24, 2.45) is 5.92 Å². The molecule has 0 bridgehead atoms. The second kappa shape index (κ2) is 5.65. The zero-order valence-electron chi connectivity index (χ0n) is 10.9. The van der Waals surface area contributed by atoms with Crippen LogP contribution in [0.5, 0.6) is 0 Å². The lowest BCUT2D eigenvalue weighted by molar-refractivity contribution is 0.511. The molecule has 0 aliphatic rings. The summed E-state index contributed by atoms with van der Waals surface area (Å²) >= 11 is 5.28. The Hall–Kier alpha value is -1.16. The molecule has 0 radical (unpaired) electrons. The van der Waals surface area contributed by atoms with Gasteiger partial charge >= 0.3 is 0 Å². The largest absolute Gasteiger partial charge is 0.331 e. The third-order valence-corrected chi connectivity index (χ3v) is 3.47. The maximum absolute atomic E-state index is 13.3. The van der Waals surface area contributed by atoms with Gasteiger partial charge in [0.1, 0.15) is 5.82 Å². The van der Waals surface area contributed by atoms with Crippen molar-refractivity contribution < 1.29 is 4.39 Å². The highest BCUT2D eigenvalue weighted by molar-refractivity contribution is 7.71. The molecule has 98 valence electrons. The van der Waals surface area contributed by atoms with Crippen LogP contribution in [0.15, 0.2) is 18.2 Å². The Morgan fingerprint density at radius 2 is 2.11 bits per heavy atom. The highest BCUT2D eigenvalue weighted by atomic mass is 32.1. The standard InChI is InChI=1S/C14H19FN2S/c1-10(2)5-3-4-8-17-13-9-11(15)6-7-12(13)16-14(17)18/h6-7,9-10H,3-5,8H2,1-2H3,(H,16,18). The van der Waals surface area contributed by atoms with Crippen LogP contribution in [0.25, 0.3) is 11.0 Å². The Morgan fingerprint density at radius 3 is 2.83 bits per heavy atom. The van der Waals surface area contributed by atoms with Crippen LogP contribution in [0.1, 0.15) is 33.1 Å². The number of fused-ring (bicyclic) bond motifs is 1. The summed E-state index contributed by atoms with van der Waals surface area (Å²) < 4.78 is 15.9. The smallest absolute Gasteiger partial charge is 0.178 e. The van der Waals surface area contributed by atoms with Crippen molar-refractivity contribution >= 4 is 23.3 Å². The number of aromatic amines is 1. The summed E-state index contributed by atoms with van der Waals surface area (Å²) in [7, 11) is 0. The fourth-order valence-electron chi connectivity index (χ4n) is 2.17. The van der Waals surface area contributed by atoms with Crippen LogP contribution in [-0.4, -0.2) is 9.55 Å². The first-order valence-electron chi connectivity index (χ1n) is 6.46. The molecule has 1 heterocycles. The Labute approximate surface area is 112 Å². The molecule has 0 saturated heterocycles. The normalized spacial score (nSPS) is 11.6. The Balaban J connectivity index is 2.14. The average Bonchev–Trinajstić information content (AvgIpc) is 2.60. The van der Waals surface area contributed by atoms with E-state index in [0.717, 1.165) is 29.9 Å². The zero-order valence-corrected chi connectivity index (χ0v) is 11.7. The van der Waals surface area contributed by atoms with Crippen molar-refractivity contribution in [1.29, 1.82) is 0 Å². The molecule has 1 aromatic carbocycles. The van der Waals surface area contributed by atoms with Gasteiger partial charge < -0.3 is 9.55 Å². The van der Waals surface area contributed by atoms with E-state index in [9.17, 15) is 4.39 Å². The molecule has 0 fully saturated rings. The van der Waals surface area contributed by atoms with Gasteiger partial charge in [-0.15, -0.1) is 0 Å². The quantitative estimate of drug-likeness (QED) is 0.616. The lowest BCUT2D eigenvalue weighted by Crippen LogP contribution is -1.99. The van der Waals surface area contributed by atoms with E-state index in [-0.39, 0.29) is 5.82 Å². The molecule has 0 aliphatic carbocycles. The van der Waals surface area contributed by atoms with Gasteiger partial charge in [-0.25, -0.2) is 4.39 Å². The molecule has 0 amide bonds. The number of halogens is 1. The Morgan fingerprint density at radius 1 is 1.33 bits per heavy atom. The van der Waals surface area contributed by atoms with Crippen LogP contribution in [0.4, 0.5) is 4.39 Å². The molecule has 0 aliphatic heterocycles. The van der Waals surface area contributed by atoms with Gasteiger partial charge in [0.25, 0.3) is 0 Å². The minimum atomic E-state index is -0.215. The van der Waals surface area contributed by atoms with E-state index in [1.165, 1.54) is 18.9 Å². The van der Waals surface area contributed by atoms with Crippen molar-refractivity contribution in [3.63, 3.8) is 0 Å². The van der Waals surface area contributed by atoms with Gasteiger partial charge in [-0.3, -0.25) is 0 Å². The van der Waals surface area contributed by atoms with Crippen LogP contribution in [0.2, 0.25) is 0 Å². The Bertz CT molecular complexity index is 583. The van der Waals surface area contributed by atoms with Crippen LogP contribution >= 0.6 is 12.2 Å². The fourth-order valence-corrected chi connectivity index (χ4v) is 2.47. The van der Waals surface area contributed by atoms with E-state index in [1.54, 1.807) is 12.1 Å². The van der Waals surface area contributed by atoms with Gasteiger partial charge in [-0.1, -0.05) is 26.7 Å². The number of aryl methyl sites for hydroxylation is 1. The van der Waals surface area contributed by atoms with Gasteiger partial charge in [0.15, 0.2) is 4.77 Å². The molecule has 0 saturated carbocycles. The van der Waals surface area contributed by atoms with E-state index < -0.39 is 0 Å². The first-order valence-corrected chi connectivity index (χ1v) is 6.87. The van der Waals surface area contributed by atoms with E-state index in [0.29, 0.717) is 4.77 Å². The van der Waals surface area contributed by atoms with Crippen LogP contribution in [0, 0.1) is 16.5 Å². The summed E-state index contributed by atoms with van der Waals surface area (Å²) in [4.78, 5) is 3.12. The van der Waals surface area contributed by atoms with Gasteiger partial charge in [-0.05, 0) is 42.8 Å². The summed E-state index contributed by atoms with van der Waals surface area (Å²) in [5.74, 6) is 0.519. The molecule has 1 N–H and O–H groups in total. The number of aromatic nitrogens is 2. The molecular weight excluding hydrogens is 247 g/mol. The molecular formula is C14H19FN2S. The first-order chi connectivity index (χ1) is 8.58. The second-order valence-corrected chi connectivity index (χ2v) is 5.52. The van der Waals surface area contributed by atoms with Crippen molar-refractivity contribution in [2.45, 2.75) is 39.7 Å². The van der Waals surface area contributed by atoms with E-state index in [2.05, 4.69) is 18.8 Å². The van der Waals surface area contributed by atoms with E-state index in [1.807, 2.05) is 4.57 Å². The third kappa shape index (κ3) is 2.99. The van der Waals surface area contributed by atoms with E-state index in [4.69, 9.17) is 12.2 Å². The Kier molecular flexibility index (Phi) is 4.17. The molecule has 2 nitrogen and oxygen atoms in total. The van der Waals surface area contributed by atoms with Gasteiger partial charge in [0, 0.05) is 6.54 Å². The predicted octanol–water partition coefficient (Wildman–Crippen LogP) is 4.66. The molecule has 2 aromatic rings. The lowest BCUT2D eigenvalue weighted by atomic mass is 10.1. The van der Waals surface area contributed by atoms with Crippen molar-refractivity contribution in [2.75, 3.05) is 0 Å². The van der Waals surface area contributed by atoms with Crippen LogP contribution in [-0.2, 0) is 6.54 Å². The molecule has 2 rings (SSSR count). The topological polar surface area (TPSA) is 20.7 Å². The maximum atomic E-state index is 13.3. The summed E-state index contributed by atoms with van der Waals surface area (Å²) in [6.07, 6.45) is 3.49. The minimum Gasteiger partial charge on any atom is -0.331 e. The average molecular weight is 266 g/mol. The second-order valence-electron chi connectivity index (χ2n) is 5.13. The van der Waals surface area contributed by atoms with Crippen molar-refractivity contribution in [3.8, 4) is 0 Å². The predicted molar refractivity (Wildman–Crippen MR) is 75.8 cm³/mol. The first kappa shape index (κ1) is 13.3. The number of benzene rings is 1. The number of H-pyrrole nitrogens is 1. The van der Waals surface area contributed by atoms with Crippen LogP contribution < -0.4 is 0 Å². The zero-order chi connectivity index (χ0) is 13.1.